The third-order valence-electron chi connectivity index (χ3n) is 5.29. The summed E-state index contributed by atoms with van der Waals surface area (Å²) in [6.07, 6.45) is 6.27. The molecule has 0 aliphatic carbocycles. The van der Waals surface area contributed by atoms with Crippen LogP contribution in [0.25, 0.3) is 0 Å². The fraction of sp³-hybridized carbons (Fsp3) is 0.474. The Morgan fingerprint density at radius 2 is 1.97 bits per heavy atom. The van der Waals surface area contributed by atoms with Crippen molar-refractivity contribution in [1.29, 1.82) is 0 Å². The molecule has 1 unspecified atom stereocenters. The van der Waals surface area contributed by atoms with E-state index in [4.69, 9.17) is 9.90 Å². The van der Waals surface area contributed by atoms with Crippen LogP contribution in [-0.2, 0) is 4.79 Å². The van der Waals surface area contributed by atoms with Crippen LogP contribution in [0.2, 0.25) is 0 Å². The molecule has 0 spiro atoms. The smallest absolute Gasteiger partial charge is 0.290 e. The summed E-state index contributed by atoms with van der Waals surface area (Å²) >= 11 is 1.17. The quantitative estimate of drug-likeness (QED) is 0.731. The topological polar surface area (TPSA) is 125 Å². The highest BCUT2D eigenvalue weighted by molar-refractivity contribution is 7.07. The Morgan fingerprint density at radius 3 is 2.52 bits per heavy atom. The SMILES string of the molecule is Cc1nnsc1C(=O)N1[C@@H]2CCC[C@H]1CC(NC(=O)c1ccccn1)C2.O=CO. The first-order chi connectivity index (χ1) is 14.0. The fourth-order valence-electron chi connectivity index (χ4n) is 4.13. The van der Waals surface area contributed by atoms with Crippen LogP contribution < -0.4 is 5.32 Å². The number of aryl methyl sites for hydroxylation is 1. The van der Waals surface area contributed by atoms with Crippen LogP contribution in [-0.4, -0.2) is 61.0 Å². The molecule has 2 aliphatic heterocycles. The minimum absolute atomic E-state index is 0.0432. The van der Waals surface area contributed by atoms with Gasteiger partial charge < -0.3 is 15.3 Å². The van der Waals surface area contributed by atoms with E-state index < -0.39 is 0 Å². The fourth-order valence-corrected chi connectivity index (χ4v) is 4.73. The second-order valence-electron chi connectivity index (χ2n) is 7.10. The van der Waals surface area contributed by atoms with Crippen molar-refractivity contribution < 1.29 is 19.5 Å². The molecule has 2 saturated heterocycles. The van der Waals surface area contributed by atoms with Crippen LogP contribution in [0.1, 0.15) is 58.0 Å². The molecule has 2 aliphatic rings. The van der Waals surface area contributed by atoms with Gasteiger partial charge in [0.15, 0.2) is 0 Å². The van der Waals surface area contributed by atoms with Gasteiger partial charge in [-0.25, -0.2) is 0 Å². The Morgan fingerprint density at radius 1 is 1.28 bits per heavy atom. The molecule has 4 rings (SSSR count). The van der Waals surface area contributed by atoms with Crippen LogP contribution in [0.15, 0.2) is 24.4 Å². The highest BCUT2D eigenvalue weighted by atomic mass is 32.1. The molecule has 29 heavy (non-hydrogen) atoms. The van der Waals surface area contributed by atoms with E-state index in [1.807, 2.05) is 17.9 Å². The largest absolute Gasteiger partial charge is 0.483 e. The van der Waals surface area contributed by atoms with Gasteiger partial charge in [-0.2, -0.15) is 0 Å². The molecular weight excluding hydrogens is 394 g/mol. The molecule has 0 aromatic carbocycles. The first kappa shape index (κ1) is 20.8. The molecule has 2 bridgehead atoms. The number of piperidine rings is 2. The molecule has 2 amide bonds. The zero-order valence-corrected chi connectivity index (χ0v) is 16.8. The van der Waals surface area contributed by atoms with Crippen molar-refractivity contribution in [3.8, 4) is 0 Å². The molecule has 2 aromatic heterocycles. The van der Waals surface area contributed by atoms with Crippen LogP contribution in [0, 0.1) is 6.92 Å². The summed E-state index contributed by atoms with van der Waals surface area (Å²) in [7, 11) is 0. The van der Waals surface area contributed by atoms with Gasteiger partial charge >= 0.3 is 0 Å². The predicted molar refractivity (Wildman–Crippen MR) is 106 cm³/mol. The molecular formula is C19H23N5O4S. The number of hydrogen-bond acceptors (Lipinski definition) is 7. The van der Waals surface area contributed by atoms with Crippen LogP contribution >= 0.6 is 11.5 Å². The van der Waals surface area contributed by atoms with Crippen LogP contribution in [0.4, 0.5) is 0 Å². The molecule has 4 heterocycles. The van der Waals surface area contributed by atoms with Crippen LogP contribution in [0.3, 0.4) is 0 Å². The second kappa shape index (κ2) is 9.55. The zero-order valence-electron chi connectivity index (χ0n) is 16.0. The number of amides is 2. The maximum Gasteiger partial charge on any atom is 0.290 e. The lowest BCUT2D eigenvalue weighted by atomic mass is 9.81. The van der Waals surface area contributed by atoms with Gasteiger partial charge in [0.2, 0.25) is 0 Å². The van der Waals surface area contributed by atoms with Crippen molar-refractivity contribution in [1.82, 2.24) is 24.8 Å². The van der Waals surface area contributed by atoms with E-state index in [0.717, 1.165) is 32.1 Å². The van der Waals surface area contributed by atoms with Gasteiger partial charge in [0, 0.05) is 24.3 Å². The standard InChI is InChI=1S/C18H21N5O2S.CH2O2/c1-11-16(26-22-21-11)18(25)23-13-5-4-6-14(23)10-12(9-13)20-17(24)15-7-2-3-8-19-15;2-1-3/h2-3,7-8,12-14H,4-6,9-10H2,1H3,(H,20,24);1H,(H,2,3)/t12?,13-,14+;. The minimum Gasteiger partial charge on any atom is -0.483 e. The summed E-state index contributed by atoms with van der Waals surface area (Å²) in [4.78, 5) is 40.5. The van der Waals surface area contributed by atoms with Crippen molar-refractivity contribution in [2.45, 2.75) is 57.2 Å². The summed E-state index contributed by atoms with van der Waals surface area (Å²) in [5, 5.41) is 14.0. The molecule has 10 heteroatoms. The van der Waals surface area contributed by atoms with E-state index in [-0.39, 0.29) is 36.4 Å². The van der Waals surface area contributed by atoms with E-state index >= 15 is 0 Å². The van der Waals surface area contributed by atoms with E-state index in [9.17, 15) is 9.59 Å². The average molecular weight is 417 g/mol. The van der Waals surface area contributed by atoms with Crippen molar-refractivity contribution in [2.75, 3.05) is 0 Å². The number of carbonyl (C=O) groups excluding carboxylic acids is 2. The monoisotopic (exact) mass is 417 g/mol. The number of carbonyl (C=O) groups is 3. The number of pyridine rings is 1. The summed E-state index contributed by atoms with van der Waals surface area (Å²) < 4.78 is 3.90. The summed E-state index contributed by atoms with van der Waals surface area (Å²) in [5.41, 5.74) is 1.13. The molecule has 154 valence electrons. The highest BCUT2D eigenvalue weighted by Crippen LogP contribution is 2.36. The molecule has 2 fully saturated rings. The Kier molecular flexibility index (Phi) is 6.86. The molecule has 0 saturated carbocycles. The lowest BCUT2D eigenvalue weighted by Crippen LogP contribution is -2.58. The molecule has 0 radical (unpaired) electrons. The third-order valence-corrected chi connectivity index (χ3v) is 6.10. The van der Waals surface area contributed by atoms with Gasteiger partial charge in [-0.1, -0.05) is 10.6 Å². The first-order valence-electron chi connectivity index (χ1n) is 9.46. The Labute approximate surface area is 172 Å². The Hall–Kier alpha value is -2.88. The number of aromatic nitrogens is 3. The number of fused-ring (bicyclic) bond motifs is 2. The number of rotatable bonds is 3. The number of hydrogen-bond donors (Lipinski definition) is 2. The molecule has 9 nitrogen and oxygen atoms in total. The van der Waals surface area contributed by atoms with Crippen molar-refractivity contribution in [3.63, 3.8) is 0 Å². The third kappa shape index (κ3) is 4.76. The van der Waals surface area contributed by atoms with Gasteiger partial charge in [0.05, 0.1) is 5.69 Å². The van der Waals surface area contributed by atoms with Gasteiger partial charge in [-0.15, -0.1) is 5.10 Å². The minimum atomic E-state index is -0.250. The summed E-state index contributed by atoms with van der Waals surface area (Å²) in [6.45, 7) is 1.58. The Bertz CT molecular complexity index is 845. The number of nitrogens with one attached hydrogen (secondary N) is 1. The maximum atomic E-state index is 13.0. The number of nitrogens with zero attached hydrogens (tertiary/aromatic N) is 4. The predicted octanol–water partition coefficient (Wildman–Crippen LogP) is 1.90. The molecule has 3 atom stereocenters. The van der Waals surface area contributed by atoms with Gasteiger partial charge in [-0.3, -0.25) is 19.4 Å². The van der Waals surface area contributed by atoms with Gasteiger partial charge in [0.25, 0.3) is 18.3 Å². The zero-order chi connectivity index (χ0) is 20.8. The maximum absolute atomic E-state index is 13.0. The average Bonchev–Trinajstić information content (AvgIpc) is 3.14. The summed E-state index contributed by atoms with van der Waals surface area (Å²) in [6, 6.07) is 5.71. The number of carboxylic acid groups (broad SMARTS) is 1. The van der Waals surface area contributed by atoms with E-state index in [1.54, 1.807) is 18.3 Å². The lowest BCUT2D eigenvalue weighted by molar-refractivity contribution is -0.122. The second-order valence-corrected chi connectivity index (χ2v) is 7.85. The normalized spacial score (nSPS) is 22.8. The van der Waals surface area contributed by atoms with Crippen molar-refractivity contribution in [2.24, 2.45) is 0 Å². The van der Waals surface area contributed by atoms with Crippen molar-refractivity contribution in [3.05, 3.63) is 40.7 Å². The highest BCUT2D eigenvalue weighted by Gasteiger charge is 2.42. The van der Waals surface area contributed by atoms with Crippen molar-refractivity contribution >= 4 is 29.8 Å². The molecule has 2 N–H and O–H groups in total. The Balaban J connectivity index is 0.000000755. The van der Waals surface area contributed by atoms with Gasteiger partial charge in [-0.05, 0) is 62.7 Å². The first-order valence-corrected chi connectivity index (χ1v) is 10.2. The molecule has 2 aromatic rings. The van der Waals surface area contributed by atoms with Crippen LogP contribution in [0.5, 0.6) is 0 Å². The van der Waals surface area contributed by atoms with E-state index in [2.05, 4.69) is 19.9 Å². The van der Waals surface area contributed by atoms with E-state index in [1.165, 1.54) is 11.5 Å². The van der Waals surface area contributed by atoms with Gasteiger partial charge in [0.1, 0.15) is 10.6 Å². The summed E-state index contributed by atoms with van der Waals surface area (Å²) in [5.74, 6) is -0.0994. The van der Waals surface area contributed by atoms with E-state index in [0.29, 0.717) is 16.3 Å². The lowest BCUT2D eigenvalue weighted by Gasteiger charge is -2.48.